The highest BCUT2D eigenvalue weighted by Crippen LogP contribution is 2.21. The lowest BCUT2D eigenvalue weighted by Crippen LogP contribution is -2.02. The summed E-state index contributed by atoms with van der Waals surface area (Å²) in [4.78, 5) is 10.9. The largest absolute Gasteiger partial charge is 0.427 e. The van der Waals surface area contributed by atoms with E-state index in [1.165, 1.54) is 6.92 Å². The van der Waals surface area contributed by atoms with Gasteiger partial charge >= 0.3 is 5.97 Å². The number of aromatic nitrogens is 2. The van der Waals surface area contributed by atoms with Crippen LogP contribution < -0.4 is 4.74 Å². The molecule has 1 aromatic carbocycles. The average Bonchev–Trinajstić information content (AvgIpc) is 2.68. The molecular formula is C13H16N2O2. The fourth-order valence-corrected chi connectivity index (χ4v) is 1.77. The molecule has 0 fully saturated rings. The Morgan fingerprint density at radius 1 is 1.47 bits per heavy atom. The molecule has 17 heavy (non-hydrogen) atoms. The number of hydrogen-bond acceptors (Lipinski definition) is 3. The van der Waals surface area contributed by atoms with E-state index < -0.39 is 0 Å². The first-order valence-corrected chi connectivity index (χ1v) is 5.84. The average molecular weight is 232 g/mol. The number of hydrogen-bond donors (Lipinski definition) is 0. The summed E-state index contributed by atoms with van der Waals surface area (Å²) < 4.78 is 7.02. The van der Waals surface area contributed by atoms with Crippen LogP contribution in [0.3, 0.4) is 0 Å². The summed E-state index contributed by atoms with van der Waals surface area (Å²) in [7, 11) is 0. The Hall–Kier alpha value is -1.84. The van der Waals surface area contributed by atoms with Crippen molar-refractivity contribution in [3.05, 3.63) is 24.4 Å². The van der Waals surface area contributed by atoms with E-state index in [9.17, 15) is 4.79 Å². The number of fused-ring (bicyclic) bond motifs is 1. The summed E-state index contributed by atoms with van der Waals surface area (Å²) in [6, 6.07) is 5.57. The van der Waals surface area contributed by atoms with Crippen molar-refractivity contribution in [2.75, 3.05) is 0 Å². The maximum absolute atomic E-state index is 10.9. The number of aryl methyl sites for hydroxylation is 1. The van der Waals surface area contributed by atoms with Gasteiger partial charge in [0.25, 0.3) is 0 Å². The van der Waals surface area contributed by atoms with Crippen LogP contribution in [0.2, 0.25) is 0 Å². The minimum absolute atomic E-state index is 0.302. The summed E-state index contributed by atoms with van der Waals surface area (Å²) >= 11 is 0. The van der Waals surface area contributed by atoms with Crippen molar-refractivity contribution in [2.24, 2.45) is 0 Å². The summed E-state index contributed by atoms with van der Waals surface area (Å²) in [6.45, 7) is 4.44. The van der Waals surface area contributed by atoms with Crippen LogP contribution in [0.15, 0.2) is 24.4 Å². The van der Waals surface area contributed by atoms with Gasteiger partial charge in [-0.05, 0) is 18.6 Å². The Labute approximate surface area is 100 Å². The van der Waals surface area contributed by atoms with Crippen LogP contribution in [0.25, 0.3) is 10.9 Å². The van der Waals surface area contributed by atoms with Crippen molar-refractivity contribution in [1.29, 1.82) is 0 Å². The first kappa shape index (κ1) is 11.6. The predicted molar refractivity (Wildman–Crippen MR) is 66.0 cm³/mol. The molecule has 0 saturated carbocycles. The number of carbonyl (C=O) groups excluding carboxylic acids is 1. The zero-order chi connectivity index (χ0) is 12.3. The number of carbonyl (C=O) groups is 1. The van der Waals surface area contributed by atoms with Crippen LogP contribution in [0.1, 0.15) is 26.7 Å². The molecule has 4 nitrogen and oxygen atoms in total. The molecular weight excluding hydrogens is 216 g/mol. The lowest BCUT2D eigenvalue weighted by molar-refractivity contribution is -0.131. The van der Waals surface area contributed by atoms with Crippen LogP contribution in [-0.4, -0.2) is 15.7 Å². The molecule has 0 unspecified atom stereocenters. The maximum Gasteiger partial charge on any atom is 0.308 e. The topological polar surface area (TPSA) is 44.1 Å². The monoisotopic (exact) mass is 232 g/mol. The van der Waals surface area contributed by atoms with Crippen molar-refractivity contribution in [1.82, 2.24) is 9.78 Å². The second-order valence-corrected chi connectivity index (χ2v) is 4.04. The van der Waals surface area contributed by atoms with E-state index in [-0.39, 0.29) is 5.97 Å². The second kappa shape index (κ2) is 4.99. The van der Waals surface area contributed by atoms with Gasteiger partial charge in [0.1, 0.15) is 5.75 Å². The molecule has 90 valence electrons. The van der Waals surface area contributed by atoms with E-state index in [4.69, 9.17) is 4.74 Å². The highest BCUT2D eigenvalue weighted by Gasteiger charge is 2.05. The fourth-order valence-electron chi connectivity index (χ4n) is 1.77. The Morgan fingerprint density at radius 2 is 2.29 bits per heavy atom. The molecule has 0 saturated heterocycles. The van der Waals surface area contributed by atoms with E-state index in [0.717, 1.165) is 30.3 Å². The molecule has 0 N–H and O–H groups in total. The number of rotatable bonds is 4. The third-order valence-electron chi connectivity index (χ3n) is 2.60. The van der Waals surface area contributed by atoms with Gasteiger partial charge < -0.3 is 4.74 Å². The molecule has 4 heteroatoms. The Kier molecular flexibility index (Phi) is 3.42. The SMILES string of the molecule is CCCCn1ncc2ccc(OC(C)=O)cc21. The van der Waals surface area contributed by atoms with Crippen molar-refractivity contribution >= 4 is 16.9 Å². The van der Waals surface area contributed by atoms with Crippen LogP contribution in [-0.2, 0) is 11.3 Å². The van der Waals surface area contributed by atoms with Crippen molar-refractivity contribution in [3.63, 3.8) is 0 Å². The zero-order valence-corrected chi connectivity index (χ0v) is 10.1. The molecule has 0 bridgehead atoms. The molecule has 0 spiro atoms. The fraction of sp³-hybridized carbons (Fsp3) is 0.385. The first-order valence-electron chi connectivity index (χ1n) is 5.84. The number of nitrogens with zero attached hydrogens (tertiary/aromatic N) is 2. The van der Waals surface area contributed by atoms with Gasteiger partial charge in [0.2, 0.25) is 0 Å². The molecule has 2 aromatic rings. The highest BCUT2D eigenvalue weighted by atomic mass is 16.5. The number of esters is 1. The Morgan fingerprint density at radius 3 is 3.00 bits per heavy atom. The van der Waals surface area contributed by atoms with Crippen LogP contribution in [0.4, 0.5) is 0 Å². The van der Waals surface area contributed by atoms with E-state index in [0.29, 0.717) is 5.75 Å². The summed E-state index contributed by atoms with van der Waals surface area (Å²) in [5.41, 5.74) is 1.01. The Balaban J connectivity index is 2.32. The molecule has 0 amide bonds. The summed E-state index contributed by atoms with van der Waals surface area (Å²) in [6.07, 6.45) is 4.06. The van der Waals surface area contributed by atoms with Gasteiger partial charge in [-0.15, -0.1) is 0 Å². The van der Waals surface area contributed by atoms with Gasteiger partial charge in [0.15, 0.2) is 0 Å². The van der Waals surface area contributed by atoms with Gasteiger partial charge in [0.05, 0.1) is 11.7 Å². The number of benzene rings is 1. The molecule has 0 aliphatic heterocycles. The molecule has 0 aliphatic carbocycles. The third-order valence-corrected chi connectivity index (χ3v) is 2.60. The third kappa shape index (κ3) is 2.64. The number of unbranched alkanes of at least 4 members (excludes halogenated alkanes) is 1. The lowest BCUT2D eigenvalue weighted by atomic mass is 10.2. The maximum atomic E-state index is 10.9. The quantitative estimate of drug-likeness (QED) is 0.601. The van der Waals surface area contributed by atoms with E-state index in [1.807, 2.05) is 23.0 Å². The number of ether oxygens (including phenoxy) is 1. The summed E-state index contributed by atoms with van der Waals surface area (Å²) in [5.74, 6) is 0.271. The van der Waals surface area contributed by atoms with Crippen molar-refractivity contribution in [3.8, 4) is 5.75 Å². The predicted octanol–water partition coefficient (Wildman–Crippen LogP) is 2.76. The minimum Gasteiger partial charge on any atom is -0.427 e. The van der Waals surface area contributed by atoms with Gasteiger partial charge in [0, 0.05) is 24.9 Å². The Bertz CT molecular complexity index is 531. The van der Waals surface area contributed by atoms with Gasteiger partial charge in [-0.2, -0.15) is 5.10 Å². The molecule has 0 aliphatic rings. The molecule has 2 rings (SSSR count). The van der Waals surface area contributed by atoms with Crippen LogP contribution in [0, 0.1) is 0 Å². The van der Waals surface area contributed by atoms with Gasteiger partial charge in [-0.3, -0.25) is 9.48 Å². The van der Waals surface area contributed by atoms with E-state index >= 15 is 0 Å². The van der Waals surface area contributed by atoms with Crippen molar-refractivity contribution in [2.45, 2.75) is 33.2 Å². The molecule has 1 heterocycles. The first-order chi connectivity index (χ1) is 8.20. The standard InChI is InChI=1S/C13H16N2O2/c1-3-4-7-15-13-8-12(17-10(2)16)6-5-11(13)9-14-15/h5-6,8-9H,3-4,7H2,1-2H3. The zero-order valence-electron chi connectivity index (χ0n) is 10.1. The van der Waals surface area contributed by atoms with Gasteiger partial charge in [-0.25, -0.2) is 0 Å². The highest BCUT2D eigenvalue weighted by molar-refractivity contribution is 5.81. The van der Waals surface area contributed by atoms with E-state index in [2.05, 4.69) is 12.0 Å². The van der Waals surface area contributed by atoms with Gasteiger partial charge in [-0.1, -0.05) is 13.3 Å². The smallest absolute Gasteiger partial charge is 0.308 e. The normalized spacial score (nSPS) is 10.7. The molecule has 1 aromatic heterocycles. The minimum atomic E-state index is -0.302. The lowest BCUT2D eigenvalue weighted by Gasteiger charge is -2.04. The summed E-state index contributed by atoms with van der Waals surface area (Å²) in [5, 5.41) is 5.40. The molecule has 0 radical (unpaired) electrons. The van der Waals surface area contributed by atoms with Crippen molar-refractivity contribution < 1.29 is 9.53 Å². The van der Waals surface area contributed by atoms with Crippen LogP contribution >= 0.6 is 0 Å². The van der Waals surface area contributed by atoms with E-state index in [1.54, 1.807) is 6.07 Å². The second-order valence-electron chi connectivity index (χ2n) is 4.04. The molecule has 0 atom stereocenters. The van der Waals surface area contributed by atoms with Crippen LogP contribution in [0.5, 0.6) is 5.75 Å².